The Balaban J connectivity index is 1.54. The molecule has 2 aromatic carbocycles. The number of halogens is 1. The minimum Gasteiger partial charge on any atom is -0.508 e. The number of nitrogens with one attached hydrogen (secondary N) is 2. The molecule has 0 saturated carbocycles. The zero-order valence-corrected chi connectivity index (χ0v) is 15.0. The predicted octanol–water partition coefficient (Wildman–Crippen LogP) is 1.70. The molecule has 0 radical (unpaired) electrons. The van der Waals surface area contributed by atoms with E-state index in [1.165, 1.54) is 18.2 Å². The monoisotopic (exact) mass is 385 g/mol. The number of aromatic hydroxyl groups is 1. The highest BCUT2D eigenvalue weighted by Gasteiger charge is 2.39. The van der Waals surface area contributed by atoms with Crippen molar-refractivity contribution in [2.45, 2.75) is 38.2 Å². The third kappa shape index (κ3) is 3.27. The Hall–Kier alpha value is -3.13. The molecular formula is C20H20FN3O4. The molecule has 2 heterocycles. The number of rotatable bonds is 4. The third-order valence-electron chi connectivity index (χ3n) is 5.24. The average molecular weight is 385 g/mol. The van der Waals surface area contributed by atoms with Crippen LogP contribution in [0, 0.1) is 5.82 Å². The van der Waals surface area contributed by atoms with Crippen molar-refractivity contribution in [1.29, 1.82) is 0 Å². The highest BCUT2D eigenvalue weighted by Crippen LogP contribution is 2.33. The fourth-order valence-electron chi connectivity index (χ4n) is 3.77. The standard InChI is InChI=1S/C20H20FN3O4/c21-15-5-4-12(25)8-11(15)9-22-16-3-1-2-13-14(16)10-24(20(13)28)17-6-7-18(26)23-19(17)27/h1-5,8,17,19,22,25,27H,6-7,9-10H2,(H,23,26)/t17-,19?/m1/s1. The number of nitrogens with zero attached hydrogens (tertiary/aromatic N) is 1. The van der Waals surface area contributed by atoms with Crippen molar-refractivity contribution in [2.24, 2.45) is 0 Å². The average Bonchev–Trinajstić information content (AvgIpc) is 3.00. The van der Waals surface area contributed by atoms with Gasteiger partial charge in [-0.1, -0.05) is 6.07 Å². The number of phenols is 1. The first-order valence-electron chi connectivity index (χ1n) is 9.05. The van der Waals surface area contributed by atoms with Crippen LogP contribution < -0.4 is 10.6 Å². The maximum absolute atomic E-state index is 13.9. The van der Waals surface area contributed by atoms with E-state index in [4.69, 9.17) is 0 Å². The summed E-state index contributed by atoms with van der Waals surface area (Å²) in [6.45, 7) is 0.435. The maximum Gasteiger partial charge on any atom is 0.254 e. The fourth-order valence-corrected chi connectivity index (χ4v) is 3.77. The first-order valence-corrected chi connectivity index (χ1v) is 9.05. The zero-order valence-electron chi connectivity index (χ0n) is 15.0. The summed E-state index contributed by atoms with van der Waals surface area (Å²) < 4.78 is 13.9. The fraction of sp³-hybridized carbons (Fsp3) is 0.300. The maximum atomic E-state index is 13.9. The van der Waals surface area contributed by atoms with E-state index < -0.39 is 18.1 Å². The van der Waals surface area contributed by atoms with Crippen LogP contribution in [0.1, 0.15) is 34.3 Å². The van der Waals surface area contributed by atoms with Crippen molar-refractivity contribution >= 4 is 17.5 Å². The molecule has 1 unspecified atom stereocenters. The summed E-state index contributed by atoms with van der Waals surface area (Å²) in [6, 6.07) is 8.59. The second-order valence-corrected chi connectivity index (χ2v) is 7.01. The minimum atomic E-state index is -1.10. The first-order chi connectivity index (χ1) is 13.4. The highest BCUT2D eigenvalue weighted by molar-refractivity contribution is 6.00. The lowest BCUT2D eigenvalue weighted by Crippen LogP contribution is -2.55. The first kappa shape index (κ1) is 18.2. The van der Waals surface area contributed by atoms with Crippen molar-refractivity contribution in [3.63, 3.8) is 0 Å². The number of aliphatic hydroxyl groups excluding tert-OH is 1. The molecular weight excluding hydrogens is 365 g/mol. The number of carbonyl (C=O) groups is 2. The Bertz CT molecular complexity index is 949. The van der Waals surface area contributed by atoms with Gasteiger partial charge >= 0.3 is 0 Å². The summed E-state index contributed by atoms with van der Waals surface area (Å²) in [4.78, 5) is 25.8. The van der Waals surface area contributed by atoms with Crippen LogP contribution in [0.4, 0.5) is 10.1 Å². The number of aliphatic hydroxyl groups is 1. The van der Waals surface area contributed by atoms with Gasteiger partial charge < -0.3 is 25.7 Å². The van der Waals surface area contributed by atoms with Gasteiger partial charge in [-0.15, -0.1) is 0 Å². The summed E-state index contributed by atoms with van der Waals surface area (Å²) >= 11 is 0. The van der Waals surface area contributed by atoms with Gasteiger partial charge in [-0.05, 0) is 36.8 Å². The molecule has 4 rings (SSSR count). The van der Waals surface area contributed by atoms with Crippen LogP contribution in [0.3, 0.4) is 0 Å². The summed E-state index contributed by atoms with van der Waals surface area (Å²) in [5, 5.41) is 25.3. The van der Waals surface area contributed by atoms with Gasteiger partial charge in [0.25, 0.3) is 5.91 Å². The Morgan fingerprint density at radius 3 is 2.86 bits per heavy atom. The lowest BCUT2D eigenvalue weighted by molar-refractivity contribution is -0.129. The highest BCUT2D eigenvalue weighted by atomic mass is 19.1. The van der Waals surface area contributed by atoms with Crippen LogP contribution in [-0.4, -0.2) is 39.2 Å². The number of amides is 2. The van der Waals surface area contributed by atoms with Gasteiger partial charge in [-0.25, -0.2) is 4.39 Å². The van der Waals surface area contributed by atoms with Crippen molar-refractivity contribution < 1.29 is 24.2 Å². The molecule has 2 aliphatic heterocycles. The lowest BCUT2D eigenvalue weighted by atomic mass is 10.0. The molecule has 2 amide bonds. The molecule has 28 heavy (non-hydrogen) atoms. The van der Waals surface area contributed by atoms with Crippen molar-refractivity contribution in [3.05, 3.63) is 58.9 Å². The lowest BCUT2D eigenvalue weighted by Gasteiger charge is -2.35. The third-order valence-corrected chi connectivity index (χ3v) is 5.24. The Morgan fingerprint density at radius 1 is 1.25 bits per heavy atom. The van der Waals surface area contributed by atoms with Gasteiger partial charge in [0.2, 0.25) is 5.91 Å². The molecule has 146 valence electrons. The van der Waals surface area contributed by atoms with Gasteiger partial charge in [-0.2, -0.15) is 0 Å². The van der Waals surface area contributed by atoms with Crippen molar-refractivity contribution in [2.75, 3.05) is 5.32 Å². The van der Waals surface area contributed by atoms with E-state index in [1.54, 1.807) is 23.1 Å². The van der Waals surface area contributed by atoms with Crippen LogP contribution in [-0.2, 0) is 17.9 Å². The van der Waals surface area contributed by atoms with Crippen LogP contribution in [0.5, 0.6) is 5.75 Å². The molecule has 2 aromatic rings. The van der Waals surface area contributed by atoms with E-state index >= 15 is 0 Å². The van der Waals surface area contributed by atoms with Crippen molar-refractivity contribution in [3.8, 4) is 5.75 Å². The van der Waals surface area contributed by atoms with Crippen LogP contribution in [0.25, 0.3) is 0 Å². The number of benzene rings is 2. The van der Waals surface area contributed by atoms with Gasteiger partial charge in [0.05, 0.1) is 6.04 Å². The molecule has 4 N–H and O–H groups in total. The molecule has 2 aliphatic rings. The zero-order chi connectivity index (χ0) is 19.8. The predicted molar refractivity (Wildman–Crippen MR) is 98.9 cm³/mol. The molecule has 0 spiro atoms. The van der Waals surface area contributed by atoms with Crippen LogP contribution in [0.2, 0.25) is 0 Å². The topological polar surface area (TPSA) is 102 Å². The second-order valence-electron chi connectivity index (χ2n) is 7.01. The van der Waals surface area contributed by atoms with E-state index in [0.29, 0.717) is 23.2 Å². The Morgan fingerprint density at radius 2 is 2.07 bits per heavy atom. The largest absolute Gasteiger partial charge is 0.508 e. The summed E-state index contributed by atoms with van der Waals surface area (Å²) in [6.07, 6.45) is -0.453. The van der Waals surface area contributed by atoms with E-state index in [0.717, 1.165) is 5.56 Å². The van der Waals surface area contributed by atoms with E-state index in [2.05, 4.69) is 10.6 Å². The number of piperidine rings is 1. The molecule has 2 atom stereocenters. The quantitative estimate of drug-likeness (QED) is 0.642. The molecule has 0 aliphatic carbocycles. The molecule has 0 bridgehead atoms. The van der Waals surface area contributed by atoms with Gasteiger partial charge in [0.1, 0.15) is 17.8 Å². The van der Waals surface area contributed by atoms with Gasteiger partial charge in [-0.3, -0.25) is 9.59 Å². The van der Waals surface area contributed by atoms with Crippen molar-refractivity contribution in [1.82, 2.24) is 10.2 Å². The summed E-state index contributed by atoms with van der Waals surface area (Å²) in [7, 11) is 0. The normalized spacial score (nSPS) is 21.4. The number of carbonyl (C=O) groups excluding carboxylic acids is 2. The Kier molecular flexibility index (Phi) is 4.64. The molecule has 0 aromatic heterocycles. The van der Waals surface area contributed by atoms with Crippen LogP contribution >= 0.6 is 0 Å². The molecule has 7 nitrogen and oxygen atoms in total. The van der Waals surface area contributed by atoms with Gasteiger partial charge in [0, 0.05) is 41.9 Å². The molecule has 1 fully saturated rings. The smallest absolute Gasteiger partial charge is 0.254 e. The second kappa shape index (κ2) is 7.12. The Labute approximate surface area is 160 Å². The minimum absolute atomic E-state index is 0.0221. The molecule has 8 heteroatoms. The number of anilines is 1. The number of phenolic OH excluding ortho intramolecular Hbond substituents is 1. The number of hydrogen-bond donors (Lipinski definition) is 4. The van der Waals surface area contributed by atoms with E-state index in [-0.39, 0.29) is 37.1 Å². The molecule has 1 saturated heterocycles. The number of hydrogen-bond acceptors (Lipinski definition) is 5. The number of fused-ring (bicyclic) bond motifs is 1. The van der Waals surface area contributed by atoms with E-state index in [9.17, 15) is 24.2 Å². The summed E-state index contributed by atoms with van der Waals surface area (Å²) in [5.41, 5.74) is 2.28. The SMILES string of the molecule is O=C1CC[C@@H](N2Cc3c(NCc4cc(O)ccc4F)cccc3C2=O)C(O)N1. The van der Waals surface area contributed by atoms with E-state index in [1.807, 2.05) is 0 Å². The van der Waals surface area contributed by atoms with Crippen LogP contribution in [0.15, 0.2) is 36.4 Å². The van der Waals surface area contributed by atoms with Gasteiger partial charge in [0.15, 0.2) is 0 Å². The summed E-state index contributed by atoms with van der Waals surface area (Å²) in [5.74, 6) is -0.895.